The maximum Gasteiger partial charge on any atom is 0.152 e. The first-order chi connectivity index (χ1) is 7.72. The van der Waals surface area contributed by atoms with Gasteiger partial charge in [0, 0.05) is 17.4 Å². The Morgan fingerprint density at radius 1 is 1.44 bits per heavy atom. The molecule has 0 aliphatic rings. The molecule has 0 fully saturated rings. The number of hydrogen-bond donors (Lipinski definition) is 1. The number of halogens is 2. The number of nitrogens with zero attached hydrogens (tertiary/aromatic N) is 1. The Hall–Kier alpha value is -0.970. The molecule has 0 radical (unpaired) electrons. The molecule has 1 heterocycles. The van der Waals surface area contributed by atoms with Crippen LogP contribution in [0.25, 0.3) is 10.6 Å². The molecule has 0 aliphatic carbocycles. The Morgan fingerprint density at radius 2 is 2.25 bits per heavy atom. The van der Waals surface area contributed by atoms with Crippen molar-refractivity contribution in [2.45, 2.75) is 6.42 Å². The van der Waals surface area contributed by atoms with Gasteiger partial charge in [-0.2, -0.15) is 0 Å². The summed E-state index contributed by atoms with van der Waals surface area (Å²) in [5.74, 6) is -0.419. The highest BCUT2D eigenvalue weighted by molar-refractivity contribution is 7.13. The first-order valence-corrected chi connectivity index (χ1v) is 6.07. The minimum atomic E-state index is -0.419. The van der Waals surface area contributed by atoms with Gasteiger partial charge in [0.2, 0.25) is 0 Å². The molecule has 0 amide bonds. The molecular weight excluding hydrogens is 247 g/mol. The molecule has 2 nitrogen and oxygen atoms in total. The molecule has 2 aromatic rings. The number of aromatic nitrogens is 1. The lowest BCUT2D eigenvalue weighted by Crippen LogP contribution is -2.02. The second-order valence-corrected chi connectivity index (χ2v) is 4.55. The van der Waals surface area contributed by atoms with Crippen LogP contribution in [0.15, 0.2) is 23.6 Å². The molecule has 84 valence electrons. The van der Waals surface area contributed by atoms with Gasteiger partial charge in [-0.1, -0.05) is 17.7 Å². The second kappa shape index (κ2) is 4.91. The Bertz CT molecular complexity index is 498. The molecule has 5 heteroatoms. The summed E-state index contributed by atoms with van der Waals surface area (Å²) in [5.41, 5.74) is 6.77. The third-order valence-corrected chi connectivity index (χ3v) is 3.35. The lowest BCUT2D eigenvalue weighted by Gasteiger charge is -2.00. The van der Waals surface area contributed by atoms with E-state index in [4.69, 9.17) is 17.3 Å². The molecule has 2 rings (SSSR count). The molecule has 2 N–H and O–H groups in total. The van der Waals surface area contributed by atoms with Crippen molar-refractivity contribution in [2.75, 3.05) is 6.54 Å². The van der Waals surface area contributed by atoms with Crippen LogP contribution >= 0.6 is 22.9 Å². The predicted octanol–water partition coefficient (Wildman–Crippen LogP) is 3.10. The van der Waals surface area contributed by atoms with Crippen molar-refractivity contribution in [1.82, 2.24) is 4.98 Å². The third-order valence-electron chi connectivity index (χ3n) is 2.13. The number of thiazole rings is 1. The van der Waals surface area contributed by atoms with Gasteiger partial charge in [0.05, 0.1) is 10.7 Å². The van der Waals surface area contributed by atoms with Crippen LogP contribution in [-0.4, -0.2) is 11.5 Å². The van der Waals surface area contributed by atoms with Gasteiger partial charge < -0.3 is 5.73 Å². The van der Waals surface area contributed by atoms with Crippen molar-refractivity contribution in [3.05, 3.63) is 40.1 Å². The van der Waals surface area contributed by atoms with Gasteiger partial charge in [-0.15, -0.1) is 11.3 Å². The molecule has 0 atom stereocenters. The summed E-state index contributed by atoms with van der Waals surface area (Å²) in [6, 6.07) is 4.91. The highest BCUT2D eigenvalue weighted by Gasteiger charge is 2.11. The van der Waals surface area contributed by atoms with E-state index in [1.54, 1.807) is 12.1 Å². The fourth-order valence-corrected chi connectivity index (χ4v) is 2.41. The van der Waals surface area contributed by atoms with Gasteiger partial charge in [0.25, 0.3) is 0 Å². The first-order valence-electron chi connectivity index (χ1n) is 4.81. The van der Waals surface area contributed by atoms with E-state index >= 15 is 0 Å². The molecule has 0 spiro atoms. The molecular formula is C11H10ClFN2S. The van der Waals surface area contributed by atoms with Crippen LogP contribution in [0.4, 0.5) is 4.39 Å². The molecule has 0 unspecified atom stereocenters. The molecule has 0 bridgehead atoms. The topological polar surface area (TPSA) is 38.9 Å². The van der Waals surface area contributed by atoms with E-state index in [0.717, 1.165) is 5.69 Å². The van der Waals surface area contributed by atoms with E-state index in [1.165, 1.54) is 17.4 Å². The van der Waals surface area contributed by atoms with E-state index < -0.39 is 5.82 Å². The minimum Gasteiger partial charge on any atom is -0.330 e. The Labute approximate surface area is 102 Å². The van der Waals surface area contributed by atoms with E-state index in [-0.39, 0.29) is 5.02 Å². The average Bonchev–Trinajstić information content (AvgIpc) is 2.71. The van der Waals surface area contributed by atoms with Gasteiger partial charge in [-0.25, -0.2) is 9.37 Å². The number of hydrogen-bond acceptors (Lipinski definition) is 3. The van der Waals surface area contributed by atoms with Crippen molar-refractivity contribution in [1.29, 1.82) is 0 Å². The van der Waals surface area contributed by atoms with Gasteiger partial charge in [0.15, 0.2) is 5.82 Å². The monoisotopic (exact) mass is 256 g/mol. The standard InChI is InChI=1S/C11H10ClFN2S/c12-9-3-1-2-8(10(9)13)11-15-7(4-5-14)6-16-11/h1-3,6H,4-5,14H2. The smallest absolute Gasteiger partial charge is 0.152 e. The van der Waals surface area contributed by atoms with E-state index in [9.17, 15) is 4.39 Å². The predicted molar refractivity (Wildman–Crippen MR) is 65.3 cm³/mol. The van der Waals surface area contributed by atoms with Crippen LogP contribution in [-0.2, 0) is 6.42 Å². The lowest BCUT2D eigenvalue weighted by atomic mass is 10.2. The summed E-state index contributed by atoms with van der Waals surface area (Å²) in [6.45, 7) is 0.543. The summed E-state index contributed by atoms with van der Waals surface area (Å²) in [7, 11) is 0. The van der Waals surface area contributed by atoms with E-state index in [2.05, 4.69) is 4.98 Å². The molecule has 1 aromatic carbocycles. The lowest BCUT2D eigenvalue weighted by molar-refractivity contribution is 0.631. The maximum absolute atomic E-state index is 13.7. The summed E-state index contributed by atoms with van der Waals surface area (Å²) >= 11 is 7.11. The van der Waals surface area contributed by atoms with Gasteiger partial charge in [-0.05, 0) is 18.7 Å². The average molecular weight is 257 g/mol. The zero-order valence-electron chi connectivity index (χ0n) is 8.41. The molecule has 0 saturated heterocycles. The van der Waals surface area contributed by atoms with Crippen molar-refractivity contribution in [3.8, 4) is 10.6 Å². The van der Waals surface area contributed by atoms with E-state index in [1.807, 2.05) is 5.38 Å². The van der Waals surface area contributed by atoms with Gasteiger partial charge in [0.1, 0.15) is 5.01 Å². The number of benzene rings is 1. The van der Waals surface area contributed by atoms with Crippen LogP contribution in [0, 0.1) is 5.82 Å². The third kappa shape index (κ3) is 2.24. The van der Waals surface area contributed by atoms with Crippen LogP contribution < -0.4 is 5.73 Å². The molecule has 16 heavy (non-hydrogen) atoms. The highest BCUT2D eigenvalue weighted by Crippen LogP contribution is 2.29. The Morgan fingerprint density at radius 3 is 3.00 bits per heavy atom. The SMILES string of the molecule is NCCc1csc(-c2cccc(Cl)c2F)n1. The molecule has 1 aromatic heterocycles. The van der Waals surface area contributed by atoms with Crippen LogP contribution in [0.5, 0.6) is 0 Å². The summed E-state index contributed by atoms with van der Waals surface area (Å²) in [5, 5.41) is 2.65. The Balaban J connectivity index is 2.39. The largest absolute Gasteiger partial charge is 0.330 e. The fraction of sp³-hybridized carbons (Fsp3) is 0.182. The normalized spacial score (nSPS) is 10.7. The second-order valence-electron chi connectivity index (χ2n) is 3.28. The van der Waals surface area contributed by atoms with Gasteiger partial charge >= 0.3 is 0 Å². The quantitative estimate of drug-likeness (QED) is 0.917. The zero-order chi connectivity index (χ0) is 11.5. The number of nitrogens with two attached hydrogens (primary N) is 1. The molecule has 0 saturated carbocycles. The first kappa shape index (κ1) is 11.5. The molecule has 0 aliphatic heterocycles. The van der Waals surface area contributed by atoms with Gasteiger partial charge in [-0.3, -0.25) is 0 Å². The van der Waals surface area contributed by atoms with Crippen molar-refractivity contribution in [2.24, 2.45) is 5.73 Å². The summed E-state index contributed by atoms with van der Waals surface area (Å²) in [4.78, 5) is 4.31. The number of rotatable bonds is 3. The Kier molecular flexibility index (Phi) is 3.53. The van der Waals surface area contributed by atoms with Crippen molar-refractivity contribution in [3.63, 3.8) is 0 Å². The minimum absolute atomic E-state index is 0.119. The summed E-state index contributed by atoms with van der Waals surface area (Å²) < 4.78 is 13.7. The van der Waals surface area contributed by atoms with Crippen molar-refractivity contribution < 1.29 is 4.39 Å². The summed E-state index contributed by atoms with van der Waals surface area (Å²) in [6.07, 6.45) is 0.707. The van der Waals surface area contributed by atoms with Crippen LogP contribution in [0.2, 0.25) is 5.02 Å². The van der Waals surface area contributed by atoms with Crippen LogP contribution in [0.3, 0.4) is 0 Å². The zero-order valence-corrected chi connectivity index (χ0v) is 9.98. The maximum atomic E-state index is 13.7. The fourth-order valence-electron chi connectivity index (χ4n) is 1.36. The highest BCUT2D eigenvalue weighted by atomic mass is 35.5. The van der Waals surface area contributed by atoms with Crippen LogP contribution in [0.1, 0.15) is 5.69 Å². The van der Waals surface area contributed by atoms with Crippen molar-refractivity contribution >= 4 is 22.9 Å². The van der Waals surface area contributed by atoms with E-state index in [0.29, 0.717) is 23.5 Å².